The van der Waals surface area contributed by atoms with Crippen molar-refractivity contribution < 1.29 is 23.1 Å². The number of halogens is 1. The van der Waals surface area contributed by atoms with Gasteiger partial charge >= 0.3 is 0 Å². The third-order valence-electron chi connectivity index (χ3n) is 6.51. The van der Waals surface area contributed by atoms with E-state index in [2.05, 4.69) is 5.32 Å². The molecule has 1 aromatic heterocycles. The number of anilines is 1. The molecule has 2 amide bonds. The fourth-order valence-electron chi connectivity index (χ4n) is 4.59. The van der Waals surface area contributed by atoms with Crippen LogP contribution in [0.15, 0.2) is 83.3 Å². The van der Waals surface area contributed by atoms with Crippen molar-refractivity contribution in [3.63, 3.8) is 0 Å². The van der Waals surface area contributed by atoms with E-state index in [0.29, 0.717) is 23.7 Å². The van der Waals surface area contributed by atoms with Gasteiger partial charge in [0.25, 0.3) is 5.91 Å². The summed E-state index contributed by atoms with van der Waals surface area (Å²) in [5.74, 6) is 0.605. The summed E-state index contributed by atoms with van der Waals surface area (Å²) in [5.41, 5.74) is 4.70. The summed E-state index contributed by atoms with van der Waals surface area (Å²) in [5, 5.41) is 2.81. The Kier molecular flexibility index (Phi) is 6.77. The van der Waals surface area contributed by atoms with Crippen molar-refractivity contribution in [2.45, 2.75) is 32.9 Å². The lowest BCUT2D eigenvalue weighted by molar-refractivity contribution is -0.130. The van der Waals surface area contributed by atoms with Crippen molar-refractivity contribution >= 4 is 17.5 Å². The molecule has 1 aliphatic heterocycles. The highest BCUT2D eigenvalue weighted by Gasteiger charge is 2.31. The van der Waals surface area contributed by atoms with Crippen LogP contribution in [0.5, 0.6) is 5.75 Å². The summed E-state index contributed by atoms with van der Waals surface area (Å²) in [6, 6.07) is 22.6. The summed E-state index contributed by atoms with van der Waals surface area (Å²) >= 11 is 0. The van der Waals surface area contributed by atoms with Crippen LogP contribution in [0.2, 0.25) is 0 Å². The Balaban J connectivity index is 1.31. The van der Waals surface area contributed by atoms with Crippen molar-refractivity contribution in [2.24, 2.45) is 0 Å². The summed E-state index contributed by atoms with van der Waals surface area (Å²) in [6.45, 7) is 4.25. The van der Waals surface area contributed by atoms with Crippen LogP contribution in [-0.4, -0.2) is 23.3 Å². The van der Waals surface area contributed by atoms with E-state index in [4.69, 9.17) is 9.15 Å². The third kappa shape index (κ3) is 5.40. The molecule has 0 saturated carbocycles. The highest BCUT2D eigenvalue weighted by atomic mass is 19.1. The van der Waals surface area contributed by atoms with Crippen LogP contribution in [0, 0.1) is 12.7 Å². The van der Waals surface area contributed by atoms with Crippen molar-refractivity contribution in [3.05, 3.63) is 118 Å². The van der Waals surface area contributed by atoms with Crippen LogP contribution in [0.25, 0.3) is 0 Å². The van der Waals surface area contributed by atoms with Crippen LogP contribution >= 0.6 is 0 Å². The topological polar surface area (TPSA) is 71.8 Å². The van der Waals surface area contributed by atoms with E-state index in [1.807, 2.05) is 49.4 Å². The lowest BCUT2D eigenvalue weighted by atomic mass is 9.88. The van der Waals surface area contributed by atoms with Crippen molar-refractivity contribution in [2.75, 3.05) is 11.9 Å². The second-order valence-corrected chi connectivity index (χ2v) is 9.15. The Bertz CT molecular complexity index is 1430. The van der Waals surface area contributed by atoms with Gasteiger partial charge in [-0.05, 0) is 78.6 Å². The smallest absolute Gasteiger partial charge is 0.291 e. The zero-order valence-electron chi connectivity index (χ0n) is 20.7. The lowest BCUT2D eigenvalue weighted by Crippen LogP contribution is -2.39. The third-order valence-corrected chi connectivity index (χ3v) is 6.51. The Morgan fingerprint density at radius 3 is 2.51 bits per heavy atom. The molecular weight excluding hydrogens is 471 g/mol. The fourth-order valence-corrected chi connectivity index (χ4v) is 4.59. The number of nitrogens with one attached hydrogen (secondary N) is 1. The first-order valence-corrected chi connectivity index (χ1v) is 12.1. The number of hydrogen-bond acceptors (Lipinski definition) is 4. The van der Waals surface area contributed by atoms with Crippen LogP contribution in [0.4, 0.5) is 10.1 Å². The standard InChI is InChI=1S/C30H27FN2O4/c1-19-3-10-24(11-4-19)32-30(35)28-14-13-26(37-28)18-36-25-12-7-21-15-16-33(20(2)34)29(27(21)17-25)22-5-8-23(31)9-6-22/h3-14,17,29H,15-16,18H2,1-2H3,(H,32,35). The molecule has 2 heterocycles. The van der Waals surface area contributed by atoms with E-state index in [0.717, 1.165) is 28.7 Å². The number of hydrogen-bond donors (Lipinski definition) is 1. The number of rotatable bonds is 6. The van der Waals surface area contributed by atoms with Gasteiger partial charge in [-0.2, -0.15) is 0 Å². The Labute approximate surface area is 214 Å². The molecule has 0 spiro atoms. The van der Waals surface area contributed by atoms with E-state index >= 15 is 0 Å². The largest absolute Gasteiger partial charge is 0.486 e. The van der Waals surface area contributed by atoms with Crippen LogP contribution in [0.1, 0.15) is 51.5 Å². The molecule has 0 bridgehead atoms. The molecule has 6 nitrogen and oxygen atoms in total. The van der Waals surface area contributed by atoms with Gasteiger partial charge < -0.3 is 19.4 Å². The highest BCUT2D eigenvalue weighted by Crippen LogP contribution is 2.37. The molecule has 1 atom stereocenters. The number of carbonyl (C=O) groups excluding carboxylic acids is 2. The second kappa shape index (κ2) is 10.3. The monoisotopic (exact) mass is 498 g/mol. The number of furan rings is 1. The molecule has 0 fully saturated rings. The summed E-state index contributed by atoms with van der Waals surface area (Å²) in [6.07, 6.45) is 0.727. The maximum Gasteiger partial charge on any atom is 0.291 e. The van der Waals surface area contributed by atoms with Crippen molar-refractivity contribution in [1.29, 1.82) is 0 Å². The van der Waals surface area contributed by atoms with E-state index in [1.54, 1.807) is 36.1 Å². The number of ether oxygens (including phenoxy) is 1. The first-order chi connectivity index (χ1) is 17.9. The number of fused-ring (bicyclic) bond motifs is 1. The Hall–Kier alpha value is -4.39. The molecule has 1 N–H and O–H groups in total. The molecule has 37 heavy (non-hydrogen) atoms. The van der Waals surface area contributed by atoms with Gasteiger partial charge in [-0.1, -0.05) is 35.9 Å². The molecular formula is C30H27FN2O4. The van der Waals surface area contributed by atoms with Gasteiger partial charge in [-0.3, -0.25) is 9.59 Å². The predicted molar refractivity (Wildman–Crippen MR) is 138 cm³/mol. The number of nitrogens with zero attached hydrogens (tertiary/aromatic N) is 1. The van der Waals surface area contributed by atoms with E-state index < -0.39 is 0 Å². The average Bonchev–Trinajstić information content (AvgIpc) is 3.38. The first kappa shape index (κ1) is 24.3. The highest BCUT2D eigenvalue weighted by molar-refractivity contribution is 6.02. The molecule has 3 aromatic carbocycles. The number of benzene rings is 3. The zero-order chi connectivity index (χ0) is 25.9. The zero-order valence-corrected chi connectivity index (χ0v) is 20.7. The maximum absolute atomic E-state index is 13.6. The van der Waals surface area contributed by atoms with Crippen LogP contribution in [-0.2, 0) is 17.8 Å². The summed E-state index contributed by atoms with van der Waals surface area (Å²) < 4.78 is 25.3. The molecule has 1 aliphatic rings. The Morgan fingerprint density at radius 1 is 1.03 bits per heavy atom. The van der Waals surface area contributed by atoms with Gasteiger partial charge in [0.1, 0.15) is 23.9 Å². The maximum atomic E-state index is 13.6. The molecule has 1 unspecified atom stereocenters. The second-order valence-electron chi connectivity index (χ2n) is 9.15. The van der Waals surface area contributed by atoms with Crippen molar-refractivity contribution in [1.82, 2.24) is 4.90 Å². The van der Waals surface area contributed by atoms with Gasteiger partial charge in [0.15, 0.2) is 5.76 Å². The quantitative estimate of drug-likeness (QED) is 0.351. The SMILES string of the molecule is CC(=O)N1CCc2ccc(OCc3ccc(C(=O)Nc4ccc(C)cc4)o3)cc2C1c1ccc(F)cc1. The van der Waals surface area contributed by atoms with Crippen LogP contribution in [0.3, 0.4) is 0 Å². The van der Waals surface area contributed by atoms with Gasteiger partial charge in [-0.25, -0.2) is 4.39 Å². The molecule has 7 heteroatoms. The van der Waals surface area contributed by atoms with Gasteiger partial charge in [0.05, 0.1) is 6.04 Å². The number of amides is 2. The molecule has 0 saturated heterocycles. The molecule has 188 valence electrons. The van der Waals surface area contributed by atoms with E-state index in [9.17, 15) is 14.0 Å². The molecule has 5 rings (SSSR count). The minimum absolute atomic E-state index is 0.0432. The van der Waals surface area contributed by atoms with Gasteiger partial charge in [-0.15, -0.1) is 0 Å². The van der Waals surface area contributed by atoms with Gasteiger partial charge in [0, 0.05) is 19.2 Å². The van der Waals surface area contributed by atoms with Crippen molar-refractivity contribution in [3.8, 4) is 5.75 Å². The lowest BCUT2D eigenvalue weighted by Gasteiger charge is -2.37. The minimum Gasteiger partial charge on any atom is -0.486 e. The van der Waals surface area contributed by atoms with E-state index in [-0.39, 0.29) is 36.0 Å². The van der Waals surface area contributed by atoms with Gasteiger partial charge in [0.2, 0.25) is 5.91 Å². The average molecular weight is 499 g/mol. The normalized spacial score (nSPS) is 14.7. The number of aryl methyl sites for hydroxylation is 1. The molecule has 0 radical (unpaired) electrons. The predicted octanol–water partition coefficient (Wildman–Crippen LogP) is 6.05. The summed E-state index contributed by atoms with van der Waals surface area (Å²) in [7, 11) is 0. The van der Waals surface area contributed by atoms with E-state index in [1.165, 1.54) is 12.1 Å². The molecule has 4 aromatic rings. The first-order valence-electron chi connectivity index (χ1n) is 12.1. The number of carbonyl (C=O) groups is 2. The summed E-state index contributed by atoms with van der Waals surface area (Å²) in [4.78, 5) is 26.7. The molecule has 0 aliphatic carbocycles. The van der Waals surface area contributed by atoms with Crippen LogP contribution < -0.4 is 10.1 Å². The fraction of sp³-hybridized carbons (Fsp3) is 0.200. The minimum atomic E-state index is -0.338. The Morgan fingerprint density at radius 2 is 1.78 bits per heavy atom.